The van der Waals surface area contributed by atoms with Gasteiger partial charge in [0.25, 0.3) is 0 Å². The van der Waals surface area contributed by atoms with Gasteiger partial charge in [-0.3, -0.25) is 0 Å². The Labute approximate surface area is 59.7 Å². The van der Waals surface area contributed by atoms with E-state index in [9.17, 15) is 0 Å². The Balaban J connectivity index is 3.31. The fraction of sp³-hybridized carbons (Fsp3) is 0.667. The van der Waals surface area contributed by atoms with Crippen molar-refractivity contribution in [2.75, 3.05) is 19.7 Å². The summed E-state index contributed by atoms with van der Waals surface area (Å²) in [6.07, 6.45) is 0. The predicted octanol–water partition coefficient (Wildman–Crippen LogP) is -0.768. The fourth-order valence-electron chi connectivity index (χ4n) is 0.446. The van der Waals surface area contributed by atoms with E-state index in [1.807, 2.05) is 0 Å². The van der Waals surface area contributed by atoms with Crippen LogP contribution in [0, 0.1) is 28.6 Å². The molecule has 0 unspecified atom stereocenters. The molecule has 0 aromatic rings. The topological polar surface area (TPSA) is 79.8 Å². The largest absolute Gasteiger partial charge is 0.395 e. The van der Waals surface area contributed by atoms with Gasteiger partial charge in [0, 0.05) is 13.1 Å². The standard InChI is InChI=1S/C6H9N3O/c7-3-6(4-8)5-9-1-2-10/h6,9-10H,1-2,5H2. The van der Waals surface area contributed by atoms with Crippen LogP contribution in [0.4, 0.5) is 0 Å². The molecular weight excluding hydrogens is 130 g/mol. The number of aliphatic hydroxyl groups is 1. The van der Waals surface area contributed by atoms with Crippen LogP contribution in [0.15, 0.2) is 0 Å². The van der Waals surface area contributed by atoms with Crippen LogP contribution in [0.1, 0.15) is 0 Å². The zero-order valence-electron chi connectivity index (χ0n) is 5.54. The zero-order valence-corrected chi connectivity index (χ0v) is 5.54. The van der Waals surface area contributed by atoms with Crippen LogP contribution in [0.25, 0.3) is 0 Å². The lowest BCUT2D eigenvalue weighted by molar-refractivity contribution is 0.292. The van der Waals surface area contributed by atoms with Crippen LogP contribution >= 0.6 is 0 Å². The van der Waals surface area contributed by atoms with Crippen LogP contribution in [0.3, 0.4) is 0 Å². The summed E-state index contributed by atoms with van der Waals surface area (Å²) in [5, 5.41) is 27.5. The molecule has 0 aliphatic heterocycles. The van der Waals surface area contributed by atoms with Gasteiger partial charge in [-0.05, 0) is 0 Å². The van der Waals surface area contributed by atoms with Gasteiger partial charge in [-0.1, -0.05) is 0 Å². The molecule has 10 heavy (non-hydrogen) atoms. The Kier molecular flexibility index (Phi) is 5.36. The monoisotopic (exact) mass is 139 g/mol. The molecule has 0 atom stereocenters. The van der Waals surface area contributed by atoms with E-state index in [2.05, 4.69) is 5.32 Å². The fourth-order valence-corrected chi connectivity index (χ4v) is 0.446. The highest BCUT2D eigenvalue weighted by Gasteiger charge is 2.01. The van der Waals surface area contributed by atoms with E-state index < -0.39 is 5.92 Å². The van der Waals surface area contributed by atoms with Crippen molar-refractivity contribution in [1.82, 2.24) is 5.32 Å². The molecule has 0 fully saturated rings. The van der Waals surface area contributed by atoms with Crippen LogP contribution in [0.2, 0.25) is 0 Å². The maximum absolute atomic E-state index is 8.30. The van der Waals surface area contributed by atoms with Crippen molar-refractivity contribution in [2.24, 2.45) is 5.92 Å². The van der Waals surface area contributed by atoms with Crippen molar-refractivity contribution in [2.45, 2.75) is 0 Å². The lowest BCUT2D eigenvalue weighted by Gasteiger charge is -1.99. The second-order valence-electron chi connectivity index (χ2n) is 1.74. The Morgan fingerprint density at radius 2 is 2.00 bits per heavy atom. The number of hydrogen-bond donors (Lipinski definition) is 2. The second-order valence-corrected chi connectivity index (χ2v) is 1.74. The summed E-state index contributed by atoms with van der Waals surface area (Å²) in [7, 11) is 0. The van der Waals surface area contributed by atoms with Gasteiger partial charge in [0.1, 0.15) is 5.92 Å². The average Bonchev–Trinajstić information content (AvgIpc) is 1.99. The first-order chi connectivity index (χ1) is 4.85. The predicted molar refractivity (Wildman–Crippen MR) is 34.7 cm³/mol. The lowest BCUT2D eigenvalue weighted by Crippen LogP contribution is -2.24. The van der Waals surface area contributed by atoms with Crippen LogP contribution in [0.5, 0.6) is 0 Å². The molecule has 4 heteroatoms. The maximum atomic E-state index is 8.30. The van der Waals surface area contributed by atoms with Gasteiger partial charge in [0.15, 0.2) is 0 Å². The number of nitrogens with zero attached hydrogens (tertiary/aromatic N) is 2. The number of nitriles is 2. The van der Waals surface area contributed by atoms with Gasteiger partial charge >= 0.3 is 0 Å². The van der Waals surface area contributed by atoms with Crippen LogP contribution in [-0.2, 0) is 0 Å². The smallest absolute Gasteiger partial charge is 0.145 e. The summed E-state index contributed by atoms with van der Waals surface area (Å²) < 4.78 is 0. The highest BCUT2D eigenvalue weighted by Crippen LogP contribution is 1.86. The molecule has 0 heterocycles. The average molecular weight is 139 g/mol. The van der Waals surface area contributed by atoms with Crippen molar-refractivity contribution in [3.8, 4) is 12.1 Å². The summed E-state index contributed by atoms with van der Waals surface area (Å²) in [5.74, 6) is -0.605. The van der Waals surface area contributed by atoms with Gasteiger partial charge in [-0.15, -0.1) is 0 Å². The van der Waals surface area contributed by atoms with E-state index in [1.54, 1.807) is 12.1 Å². The van der Waals surface area contributed by atoms with Gasteiger partial charge in [0.2, 0.25) is 0 Å². The SMILES string of the molecule is N#CC(C#N)CNCCO. The Bertz CT molecular complexity index is 141. The first kappa shape index (κ1) is 8.90. The number of rotatable bonds is 4. The van der Waals surface area contributed by atoms with Gasteiger partial charge < -0.3 is 10.4 Å². The van der Waals surface area contributed by atoms with Crippen molar-refractivity contribution < 1.29 is 5.11 Å². The van der Waals surface area contributed by atoms with Crippen LogP contribution in [-0.4, -0.2) is 24.8 Å². The third kappa shape index (κ3) is 3.85. The van der Waals surface area contributed by atoms with Crippen molar-refractivity contribution in [3.63, 3.8) is 0 Å². The molecule has 0 spiro atoms. The molecule has 0 saturated carbocycles. The van der Waals surface area contributed by atoms with Gasteiger partial charge in [-0.2, -0.15) is 10.5 Å². The first-order valence-electron chi connectivity index (χ1n) is 2.96. The van der Waals surface area contributed by atoms with Gasteiger partial charge in [0.05, 0.1) is 18.7 Å². The quantitative estimate of drug-likeness (QED) is 0.501. The van der Waals surface area contributed by atoms with E-state index in [1.165, 1.54) is 0 Å². The molecule has 0 aliphatic carbocycles. The number of hydrogen-bond acceptors (Lipinski definition) is 4. The molecule has 0 aliphatic rings. The van der Waals surface area contributed by atoms with Crippen LogP contribution < -0.4 is 5.32 Å². The molecule has 54 valence electrons. The number of aliphatic hydroxyl groups excluding tert-OH is 1. The summed E-state index contributed by atoms with van der Waals surface area (Å²) >= 11 is 0. The number of nitrogens with one attached hydrogen (secondary N) is 1. The first-order valence-corrected chi connectivity index (χ1v) is 2.96. The van der Waals surface area contributed by atoms with E-state index >= 15 is 0 Å². The molecule has 0 bridgehead atoms. The molecule has 0 amide bonds. The molecule has 0 rings (SSSR count). The third-order valence-electron chi connectivity index (χ3n) is 0.949. The molecule has 2 N–H and O–H groups in total. The highest BCUT2D eigenvalue weighted by atomic mass is 16.3. The summed E-state index contributed by atoms with van der Waals surface area (Å²) in [6.45, 7) is 0.789. The Morgan fingerprint density at radius 3 is 2.40 bits per heavy atom. The molecule has 0 aromatic heterocycles. The van der Waals surface area contributed by atoms with Crippen molar-refractivity contribution >= 4 is 0 Å². The lowest BCUT2D eigenvalue weighted by atomic mass is 10.2. The third-order valence-corrected chi connectivity index (χ3v) is 0.949. The molecular formula is C6H9N3O. The van der Waals surface area contributed by atoms with Crippen molar-refractivity contribution in [1.29, 1.82) is 10.5 Å². The van der Waals surface area contributed by atoms with E-state index in [-0.39, 0.29) is 6.61 Å². The Hall–Kier alpha value is -1.10. The maximum Gasteiger partial charge on any atom is 0.145 e. The van der Waals surface area contributed by atoms with Crippen molar-refractivity contribution in [3.05, 3.63) is 0 Å². The highest BCUT2D eigenvalue weighted by molar-refractivity contribution is 4.99. The molecule has 0 aromatic carbocycles. The zero-order chi connectivity index (χ0) is 7.82. The van der Waals surface area contributed by atoms with Gasteiger partial charge in [-0.25, -0.2) is 0 Å². The molecule has 0 saturated heterocycles. The van der Waals surface area contributed by atoms with E-state index in [0.717, 1.165) is 0 Å². The second kappa shape index (κ2) is 6.03. The van der Waals surface area contributed by atoms with E-state index in [4.69, 9.17) is 15.6 Å². The summed E-state index contributed by atoms with van der Waals surface area (Å²) in [6, 6.07) is 3.61. The van der Waals surface area contributed by atoms with E-state index in [0.29, 0.717) is 13.1 Å². The molecule has 0 radical (unpaired) electrons. The minimum atomic E-state index is -0.605. The minimum absolute atomic E-state index is 0.0313. The normalized spacial score (nSPS) is 8.80. The minimum Gasteiger partial charge on any atom is -0.395 e. The molecule has 4 nitrogen and oxygen atoms in total. The summed E-state index contributed by atoms with van der Waals surface area (Å²) in [5.41, 5.74) is 0. The Morgan fingerprint density at radius 1 is 1.40 bits per heavy atom. The summed E-state index contributed by atoms with van der Waals surface area (Å²) in [4.78, 5) is 0.